The lowest BCUT2D eigenvalue weighted by molar-refractivity contribution is -0.149. The standard InChI is InChI=1S/C16H25NO3/c1-6-17-16(4,15(18)19-5)11-13(3)20-14-9-7-12(2)8-10-14/h7-10,13,17H,6,11H2,1-5H3. The summed E-state index contributed by atoms with van der Waals surface area (Å²) in [6.07, 6.45) is 0.447. The van der Waals surface area contributed by atoms with Crippen molar-refractivity contribution in [3.05, 3.63) is 29.8 Å². The molecule has 2 unspecified atom stereocenters. The van der Waals surface area contributed by atoms with Crippen LogP contribution in [0.5, 0.6) is 5.75 Å². The molecule has 0 fully saturated rings. The van der Waals surface area contributed by atoms with Crippen molar-refractivity contribution in [1.82, 2.24) is 5.32 Å². The molecule has 0 aliphatic rings. The number of ether oxygens (including phenoxy) is 2. The first-order chi connectivity index (χ1) is 9.41. The molecule has 112 valence electrons. The van der Waals surface area contributed by atoms with Crippen LogP contribution in [0, 0.1) is 6.92 Å². The van der Waals surface area contributed by atoms with E-state index in [-0.39, 0.29) is 12.1 Å². The van der Waals surface area contributed by atoms with Crippen LogP contribution < -0.4 is 10.1 Å². The normalized spacial score (nSPS) is 15.2. The van der Waals surface area contributed by atoms with Crippen molar-refractivity contribution in [3.63, 3.8) is 0 Å². The molecule has 4 nitrogen and oxygen atoms in total. The maximum Gasteiger partial charge on any atom is 0.325 e. The summed E-state index contributed by atoms with van der Waals surface area (Å²) in [5.41, 5.74) is 0.463. The van der Waals surface area contributed by atoms with E-state index >= 15 is 0 Å². The number of nitrogens with one attached hydrogen (secondary N) is 1. The number of carbonyl (C=O) groups is 1. The van der Waals surface area contributed by atoms with Crippen LogP contribution in [0.4, 0.5) is 0 Å². The van der Waals surface area contributed by atoms with E-state index in [1.54, 1.807) is 0 Å². The Labute approximate surface area is 121 Å². The molecule has 20 heavy (non-hydrogen) atoms. The average molecular weight is 279 g/mol. The minimum atomic E-state index is -0.729. The number of benzene rings is 1. The molecule has 0 aromatic heterocycles. The van der Waals surface area contributed by atoms with Crippen molar-refractivity contribution < 1.29 is 14.3 Å². The molecule has 0 radical (unpaired) electrons. The van der Waals surface area contributed by atoms with Gasteiger partial charge >= 0.3 is 5.97 Å². The van der Waals surface area contributed by atoms with Crippen molar-refractivity contribution in [1.29, 1.82) is 0 Å². The molecule has 0 aliphatic heterocycles. The summed E-state index contributed by atoms with van der Waals surface area (Å²) in [4.78, 5) is 11.9. The second-order valence-corrected chi connectivity index (χ2v) is 5.30. The largest absolute Gasteiger partial charge is 0.491 e. The van der Waals surface area contributed by atoms with Gasteiger partial charge in [-0.1, -0.05) is 24.6 Å². The monoisotopic (exact) mass is 279 g/mol. The highest BCUT2D eigenvalue weighted by Gasteiger charge is 2.35. The number of likely N-dealkylation sites (N-methyl/N-ethyl adjacent to an activating group) is 1. The fraction of sp³-hybridized carbons (Fsp3) is 0.562. The molecule has 1 aromatic rings. The number of esters is 1. The minimum absolute atomic E-state index is 0.0964. The fourth-order valence-electron chi connectivity index (χ4n) is 2.31. The molecular formula is C16H25NO3. The highest BCUT2D eigenvalue weighted by Crippen LogP contribution is 2.20. The van der Waals surface area contributed by atoms with E-state index < -0.39 is 5.54 Å². The Balaban J connectivity index is 2.68. The van der Waals surface area contributed by atoms with Crippen molar-refractivity contribution in [2.75, 3.05) is 13.7 Å². The van der Waals surface area contributed by atoms with E-state index in [4.69, 9.17) is 9.47 Å². The first-order valence-corrected chi connectivity index (χ1v) is 6.98. The van der Waals surface area contributed by atoms with E-state index in [0.717, 1.165) is 5.75 Å². The molecule has 2 atom stereocenters. The van der Waals surface area contributed by atoms with Gasteiger partial charge in [0, 0.05) is 6.42 Å². The zero-order valence-corrected chi connectivity index (χ0v) is 13.0. The molecular weight excluding hydrogens is 254 g/mol. The van der Waals surface area contributed by atoms with Gasteiger partial charge in [-0.2, -0.15) is 0 Å². The van der Waals surface area contributed by atoms with E-state index in [1.807, 2.05) is 52.0 Å². The van der Waals surface area contributed by atoms with Crippen LogP contribution in [-0.2, 0) is 9.53 Å². The zero-order chi connectivity index (χ0) is 15.2. The summed E-state index contributed by atoms with van der Waals surface area (Å²) in [5.74, 6) is 0.547. The first-order valence-electron chi connectivity index (χ1n) is 6.98. The molecule has 0 aliphatic carbocycles. The lowest BCUT2D eigenvalue weighted by Gasteiger charge is -2.30. The van der Waals surface area contributed by atoms with Crippen LogP contribution in [0.15, 0.2) is 24.3 Å². The topological polar surface area (TPSA) is 47.6 Å². The Kier molecular flexibility index (Phi) is 6.02. The van der Waals surface area contributed by atoms with Crippen LogP contribution in [-0.4, -0.2) is 31.3 Å². The smallest absolute Gasteiger partial charge is 0.325 e. The molecule has 0 bridgehead atoms. The van der Waals surface area contributed by atoms with Crippen molar-refractivity contribution in [3.8, 4) is 5.75 Å². The highest BCUT2D eigenvalue weighted by molar-refractivity contribution is 5.80. The maximum atomic E-state index is 11.9. The van der Waals surface area contributed by atoms with Gasteiger partial charge in [-0.15, -0.1) is 0 Å². The van der Waals surface area contributed by atoms with Gasteiger partial charge in [-0.05, 0) is 39.4 Å². The molecule has 0 amide bonds. The fourth-order valence-corrected chi connectivity index (χ4v) is 2.31. The SMILES string of the molecule is CCNC(C)(CC(C)Oc1ccc(C)cc1)C(=O)OC. The molecule has 1 aromatic carbocycles. The summed E-state index contributed by atoms with van der Waals surface area (Å²) < 4.78 is 10.7. The maximum absolute atomic E-state index is 11.9. The van der Waals surface area contributed by atoms with E-state index in [0.29, 0.717) is 13.0 Å². The third kappa shape index (κ3) is 4.53. The van der Waals surface area contributed by atoms with Gasteiger partial charge in [0.2, 0.25) is 0 Å². The molecule has 0 saturated carbocycles. The minimum Gasteiger partial charge on any atom is -0.491 e. The lowest BCUT2D eigenvalue weighted by atomic mass is 9.94. The van der Waals surface area contributed by atoms with Crippen molar-refractivity contribution in [2.24, 2.45) is 0 Å². The van der Waals surface area contributed by atoms with Gasteiger partial charge in [0.25, 0.3) is 0 Å². The first kappa shape index (κ1) is 16.5. The van der Waals surface area contributed by atoms with Crippen LogP contribution in [0.25, 0.3) is 0 Å². The number of methoxy groups -OCH3 is 1. The van der Waals surface area contributed by atoms with Gasteiger partial charge in [-0.3, -0.25) is 4.79 Å². The van der Waals surface area contributed by atoms with Gasteiger partial charge in [0.05, 0.1) is 13.2 Å². The number of rotatable bonds is 7. The number of carbonyl (C=O) groups excluding carboxylic acids is 1. The van der Waals surface area contributed by atoms with Crippen molar-refractivity contribution >= 4 is 5.97 Å². The van der Waals surface area contributed by atoms with E-state index in [1.165, 1.54) is 12.7 Å². The Hall–Kier alpha value is -1.55. The predicted octanol–water partition coefficient (Wildman–Crippen LogP) is 2.69. The zero-order valence-electron chi connectivity index (χ0n) is 13.0. The molecule has 0 saturated heterocycles. The Morgan fingerprint density at radius 1 is 1.35 bits per heavy atom. The quantitative estimate of drug-likeness (QED) is 0.780. The highest BCUT2D eigenvalue weighted by atomic mass is 16.5. The number of hydrogen-bond acceptors (Lipinski definition) is 4. The van der Waals surface area contributed by atoms with Crippen molar-refractivity contribution in [2.45, 2.75) is 45.8 Å². The number of aryl methyl sites for hydroxylation is 1. The van der Waals surface area contributed by atoms with Crippen LogP contribution in [0.1, 0.15) is 32.8 Å². The van der Waals surface area contributed by atoms with Crippen LogP contribution >= 0.6 is 0 Å². The van der Waals surface area contributed by atoms with E-state index in [2.05, 4.69) is 5.32 Å². The van der Waals surface area contributed by atoms with Gasteiger partial charge in [0.15, 0.2) is 0 Å². The van der Waals surface area contributed by atoms with Crippen LogP contribution in [0.3, 0.4) is 0 Å². The summed E-state index contributed by atoms with van der Waals surface area (Å²) in [6.45, 7) is 8.50. The lowest BCUT2D eigenvalue weighted by Crippen LogP contribution is -2.52. The van der Waals surface area contributed by atoms with Gasteiger partial charge in [0.1, 0.15) is 11.3 Å². The van der Waals surface area contributed by atoms with Crippen LogP contribution in [0.2, 0.25) is 0 Å². The summed E-state index contributed by atoms with van der Waals surface area (Å²) in [7, 11) is 1.41. The second-order valence-electron chi connectivity index (χ2n) is 5.30. The summed E-state index contributed by atoms with van der Waals surface area (Å²) >= 11 is 0. The Bertz CT molecular complexity index is 430. The Morgan fingerprint density at radius 3 is 2.45 bits per heavy atom. The molecule has 1 rings (SSSR count). The number of hydrogen-bond donors (Lipinski definition) is 1. The predicted molar refractivity (Wildman–Crippen MR) is 80.0 cm³/mol. The second kappa shape index (κ2) is 7.29. The molecule has 0 spiro atoms. The summed E-state index contributed by atoms with van der Waals surface area (Å²) in [5, 5.41) is 3.18. The Morgan fingerprint density at radius 2 is 1.95 bits per heavy atom. The summed E-state index contributed by atoms with van der Waals surface area (Å²) in [6, 6.07) is 7.89. The van der Waals surface area contributed by atoms with Gasteiger partial charge < -0.3 is 14.8 Å². The average Bonchev–Trinajstić information content (AvgIpc) is 2.40. The third-order valence-corrected chi connectivity index (χ3v) is 3.26. The molecule has 0 heterocycles. The van der Waals surface area contributed by atoms with E-state index in [9.17, 15) is 4.79 Å². The van der Waals surface area contributed by atoms with Gasteiger partial charge in [-0.25, -0.2) is 0 Å². The molecule has 1 N–H and O–H groups in total. The third-order valence-electron chi connectivity index (χ3n) is 3.26. The molecule has 4 heteroatoms.